The Bertz CT molecular complexity index is 127. The number of nitrogens with one attached hydrogen (secondary N) is 1. The molecule has 0 aromatic rings. The lowest BCUT2D eigenvalue weighted by molar-refractivity contribution is -0.118. The van der Waals surface area contributed by atoms with Gasteiger partial charge in [-0.25, -0.2) is 0 Å². The molecule has 0 atom stereocenters. The lowest BCUT2D eigenvalue weighted by atomic mass is 10.6. The zero-order valence-electron chi connectivity index (χ0n) is 4.92. The summed E-state index contributed by atoms with van der Waals surface area (Å²) in [5, 5.41) is 2.26. The van der Waals surface area contributed by atoms with Gasteiger partial charge in [0.15, 0.2) is 0 Å². The second-order valence-corrected chi connectivity index (χ2v) is 1.42. The highest BCUT2D eigenvalue weighted by atomic mass is 16.1. The molecule has 52 valence electrons. The number of nitrogens with two attached hydrogens (primary N) is 3. The van der Waals surface area contributed by atoms with E-state index in [1.165, 1.54) is 6.20 Å². The summed E-state index contributed by atoms with van der Waals surface area (Å²) in [5.74, 6) is -0.264. The Morgan fingerprint density at radius 1 is 1.56 bits per heavy atom. The zero-order valence-corrected chi connectivity index (χ0v) is 4.92. The zero-order chi connectivity index (χ0) is 7.28. The first-order chi connectivity index (χ1) is 4.16. The summed E-state index contributed by atoms with van der Waals surface area (Å²) in [6.07, 6.45) is 1.19. The Morgan fingerprint density at radius 2 is 2.11 bits per heavy atom. The van der Waals surface area contributed by atoms with Crippen LogP contribution in [0, 0.1) is 0 Å². The normalized spacial score (nSPS) is 8.11. The molecule has 9 heavy (non-hydrogen) atoms. The largest absolute Gasteiger partial charge is 0.384 e. The van der Waals surface area contributed by atoms with E-state index < -0.39 is 0 Å². The molecule has 0 aliphatic heterocycles. The van der Waals surface area contributed by atoms with Gasteiger partial charge in [-0.15, -0.1) is 0 Å². The molecule has 0 aliphatic rings. The minimum Gasteiger partial charge on any atom is -0.384 e. The number of hydrogen-bond acceptors (Lipinski definition) is 4. The second-order valence-electron chi connectivity index (χ2n) is 1.42. The van der Waals surface area contributed by atoms with Crippen LogP contribution in [-0.2, 0) is 4.79 Å². The molecule has 0 saturated heterocycles. The van der Waals surface area contributed by atoms with E-state index in [4.69, 9.17) is 17.2 Å². The quantitative estimate of drug-likeness (QED) is 0.339. The maximum atomic E-state index is 10.3. The lowest BCUT2D eigenvalue weighted by Crippen LogP contribution is -2.27. The van der Waals surface area contributed by atoms with Crippen molar-refractivity contribution in [2.75, 3.05) is 6.54 Å². The number of hydrogen-bond donors (Lipinski definition) is 4. The Morgan fingerprint density at radius 3 is 2.44 bits per heavy atom. The van der Waals surface area contributed by atoms with Crippen LogP contribution >= 0.6 is 0 Å². The topological polar surface area (TPSA) is 107 Å². The summed E-state index contributed by atoms with van der Waals surface area (Å²) in [6.45, 7) is -0.0657. The van der Waals surface area contributed by atoms with E-state index in [1.54, 1.807) is 0 Å². The Labute approximate surface area is 52.9 Å². The third kappa shape index (κ3) is 4.63. The summed E-state index contributed by atoms with van der Waals surface area (Å²) in [6, 6.07) is 0. The van der Waals surface area contributed by atoms with Crippen molar-refractivity contribution >= 4 is 5.91 Å². The van der Waals surface area contributed by atoms with Crippen molar-refractivity contribution in [3.05, 3.63) is 12.0 Å². The van der Waals surface area contributed by atoms with Crippen LogP contribution in [-0.4, -0.2) is 12.5 Å². The van der Waals surface area contributed by atoms with Gasteiger partial charge in [0.05, 0.1) is 6.54 Å². The monoisotopic (exact) mass is 130 g/mol. The van der Waals surface area contributed by atoms with Crippen molar-refractivity contribution in [3.63, 3.8) is 0 Å². The van der Waals surface area contributed by atoms with Crippen LogP contribution in [0.4, 0.5) is 0 Å². The van der Waals surface area contributed by atoms with Crippen molar-refractivity contribution in [1.82, 2.24) is 5.32 Å². The number of rotatable bonds is 2. The van der Waals surface area contributed by atoms with Crippen molar-refractivity contribution in [1.29, 1.82) is 0 Å². The third-order valence-electron chi connectivity index (χ3n) is 0.585. The van der Waals surface area contributed by atoms with Crippen LogP contribution in [0.25, 0.3) is 0 Å². The highest BCUT2D eigenvalue weighted by Crippen LogP contribution is 1.64. The van der Waals surface area contributed by atoms with Crippen LogP contribution in [0.15, 0.2) is 12.0 Å². The fraction of sp³-hybridized carbons (Fsp3) is 0.250. The molecule has 5 nitrogen and oxygen atoms in total. The van der Waals surface area contributed by atoms with Crippen LogP contribution in [0.1, 0.15) is 0 Å². The summed E-state index contributed by atoms with van der Waals surface area (Å²) < 4.78 is 0. The minimum absolute atomic E-state index is 0.0526. The van der Waals surface area contributed by atoms with Crippen molar-refractivity contribution < 1.29 is 4.79 Å². The molecule has 0 fully saturated rings. The van der Waals surface area contributed by atoms with Gasteiger partial charge >= 0.3 is 0 Å². The molecule has 0 heterocycles. The molecular weight excluding hydrogens is 120 g/mol. The van der Waals surface area contributed by atoms with Gasteiger partial charge < -0.3 is 22.5 Å². The highest BCUT2D eigenvalue weighted by Gasteiger charge is 1.90. The Kier molecular flexibility index (Phi) is 3.22. The van der Waals surface area contributed by atoms with Crippen LogP contribution in [0.5, 0.6) is 0 Å². The molecule has 0 saturated carbocycles. The number of carbonyl (C=O) groups is 1. The smallest absolute Gasteiger partial charge is 0.237 e. The van der Waals surface area contributed by atoms with Crippen molar-refractivity contribution in [2.45, 2.75) is 0 Å². The molecule has 0 unspecified atom stereocenters. The molecule has 0 aromatic carbocycles. The molecule has 0 aromatic heterocycles. The Hall–Kier alpha value is -1.23. The predicted molar refractivity (Wildman–Crippen MR) is 33.7 cm³/mol. The maximum absolute atomic E-state index is 10.3. The average Bonchev–Trinajstić information content (AvgIpc) is 1.83. The third-order valence-corrected chi connectivity index (χ3v) is 0.585. The van der Waals surface area contributed by atoms with Gasteiger partial charge in [-0.3, -0.25) is 4.79 Å². The maximum Gasteiger partial charge on any atom is 0.237 e. The summed E-state index contributed by atoms with van der Waals surface area (Å²) in [4.78, 5) is 10.3. The lowest BCUT2D eigenvalue weighted by Gasteiger charge is -1.94. The van der Waals surface area contributed by atoms with Gasteiger partial charge in [-0.05, 0) is 0 Å². The first kappa shape index (κ1) is 7.77. The minimum atomic E-state index is -0.316. The van der Waals surface area contributed by atoms with E-state index in [1.807, 2.05) is 0 Å². The van der Waals surface area contributed by atoms with Crippen LogP contribution in [0.2, 0.25) is 0 Å². The second kappa shape index (κ2) is 3.73. The average molecular weight is 130 g/mol. The van der Waals surface area contributed by atoms with Crippen LogP contribution in [0.3, 0.4) is 0 Å². The molecule has 0 spiro atoms. The fourth-order valence-electron chi connectivity index (χ4n) is 0.223. The molecule has 1 amide bonds. The molecule has 0 bridgehead atoms. The van der Waals surface area contributed by atoms with Gasteiger partial charge in [0.25, 0.3) is 0 Å². The van der Waals surface area contributed by atoms with E-state index in [0.29, 0.717) is 0 Å². The molecule has 5 heteroatoms. The van der Waals surface area contributed by atoms with Gasteiger partial charge in [0.2, 0.25) is 5.91 Å². The molecule has 7 N–H and O–H groups in total. The van der Waals surface area contributed by atoms with Crippen LogP contribution < -0.4 is 22.5 Å². The van der Waals surface area contributed by atoms with E-state index >= 15 is 0 Å². The van der Waals surface area contributed by atoms with E-state index in [2.05, 4.69) is 5.32 Å². The first-order valence-electron chi connectivity index (χ1n) is 2.37. The number of carbonyl (C=O) groups excluding carboxylic acids is 1. The van der Waals surface area contributed by atoms with Crippen molar-refractivity contribution in [2.24, 2.45) is 17.2 Å². The summed E-state index contributed by atoms with van der Waals surface area (Å²) in [5.41, 5.74) is 14.9. The standard InChI is InChI=1S/C4H10N4O/c5-1-4(9)8-2-3(6)7/h2H,1,5-7H2,(H,8,9). The molecular formula is C4H10N4O. The van der Waals surface area contributed by atoms with Gasteiger partial charge in [-0.1, -0.05) is 0 Å². The van der Waals surface area contributed by atoms with Gasteiger partial charge in [-0.2, -0.15) is 0 Å². The van der Waals surface area contributed by atoms with Gasteiger partial charge in [0, 0.05) is 6.20 Å². The summed E-state index contributed by atoms with van der Waals surface area (Å²) >= 11 is 0. The molecule has 0 radical (unpaired) electrons. The predicted octanol–water partition coefficient (Wildman–Crippen LogP) is -2.22. The number of amides is 1. The highest BCUT2D eigenvalue weighted by molar-refractivity contribution is 5.78. The Balaban J connectivity index is 3.50. The molecule has 0 rings (SSSR count). The van der Waals surface area contributed by atoms with E-state index in [9.17, 15) is 4.79 Å². The SMILES string of the molecule is NCC(=O)NC=C(N)N. The first-order valence-corrected chi connectivity index (χ1v) is 2.37. The van der Waals surface area contributed by atoms with Gasteiger partial charge in [0.1, 0.15) is 5.82 Å². The van der Waals surface area contributed by atoms with Crippen molar-refractivity contribution in [3.8, 4) is 0 Å². The van der Waals surface area contributed by atoms with E-state index in [-0.39, 0.29) is 18.3 Å². The fourth-order valence-corrected chi connectivity index (χ4v) is 0.223. The van der Waals surface area contributed by atoms with E-state index in [0.717, 1.165) is 0 Å². The summed E-state index contributed by atoms with van der Waals surface area (Å²) in [7, 11) is 0. The molecule has 0 aliphatic carbocycles.